The Bertz CT molecular complexity index is 322. The molecule has 5 heteroatoms. The normalized spacial score (nSPS) is 10.1. The predicted molar refractivity (Wildman–Crippen MR) is 70.4 cm³/mol. The van der Waals surface area contributed by atoms with Crippen LogP contribution in [-0.2, 0) is 13.5 Å². The van der Waals surface area contributed by atoms with Gasteiger partial charge in [-0.15, -0.1) is 0 Å². The highest BCUT2D eigenvalue weighted by atomic mass is 32.1. The highest BCUT2D eigenvalue weighted by molar-refractivity contribution is 7.80. The lowest BCUT2D eigenvalue weighted by Crippen LogP contribution is -2.36. The second-order valence-corrected chi connectivity index (χ2v) is 4.22. The van der Waals surface area contributed by atoms with E-state index < -0.39 is 0 Å². The molecule has 0 radical (unpaired) electrons. The third-order valence-electron chi connectivity index (χ3n) is 2.27. The monoisotopic (exact) mass is 240 g/mol. The molecule has 1 rings (SSSR count). The summed E-state index contributed by atoms with van der Waals surface area (Å²) in [6, 6.07) is 0. The van der Waals surface area contributed by atoms with Crippen LogP contribution in [0, 0.1) is 0 Å². The van der Waals surface area contributed by atoms with Crippen LogP contribution in [0.3, 0.4) is 0 Å². The van der Waals surface area contributed by atoms with Crippen LogP contribution in [-0.4, -0.2) is 28.0 Å². The van der Waals surface area contributed by atoms with E-state index in [2.05, 4.69) is 22.7 Å². The van der Waals surface area contributed by atoms with E-state index in [1.54, 1.807) is 0 Å². The number of hydrogen-bond donors (Lipinski definition) is 2. The first-order valence-corrected chi connectivity index (χ1v) is 6.12. The molecular formula is C11H20N4S. The Kier molecular flexibility index (Phi) is 5.85. The number of unbranched alkanes of at least 4 members (excludes halogenated alkanes) is 1. The molecule has 0 aliphatic carbocycles. The summed E-state index contributed by atoms with van der Waals surface area (Å²) in [7, 11) is 1.92. The molecule has 2 N–H and O–H groups in total. The molecule has 0 saturated heterocycles. The largest absolute Gasteiger partial charge is 0.363 e. The summed E-state index contributed by atoms with van der Waals surface area (Å²) in [5.41, 5.74) is 1.23. The lowest BCUT2D eigenvalue weighted by atomic mass is 10.2. The average Bonchev–Trinajstić information content (AvgIpc) is 2.65. The van der Waals surface area contributed by atoms with Crippen molar-refractivity contribution < 1.29 is 0 Å². The predicted octanol–water partition coefficient (Wildman–Crippen LogP) is 1.23. The van der Waals surface area contributed by atoms with Gasteiger partial charge < -0.3 is 10.6 Å². The molecule has 0 aliphatic rings. The summed E-state index contributed by atoms with van der Waals surface area (Å²) in [5.74, 6) is 0. The Labute approximate surface area is 102 Å². The fraction of sp³-hybridized carbons (Fsp3) is 0.636. The van der Waals surface area contributed by atoms with Crippen LogP contribution in [0.15, 0.2) is 12.4 Å². The van der Waals surface area contributed by atoms with Crippen molar-refractivity contribution in [3.05, 3.63) is 18.0 Å². The molecule has 1 aromatic heterocycles. The Morgan fingerprint density at radius 3 is 2.81 bits per heavy atom. The van der Waals surface area contributed by atoms with Gasteiger partial charge in [0.25, 0.3) is 0 Å². The van der Waals surface area contributed by atoms with E-state index >= 15 is 0 Å². The molecule has 0 aliphatic heterocycles. The highest BCUT2D eigenvalue weighted by Crippen LogP contribution is 1.95. The van der Waals surface area contributed by atoms with Gasteiger partial charge in [-0.25, -0.2) is 0 Å². The second-order valence-electron chi connectivity index (χ2n) is 3.81. The number of thiocarbonyl (C=S) groups is 1. The smallest absolute Gasteiger partial charge is 0.166 e. The first-order chi connectivity index (χ1) is 7.72. The molecule has 0 saturated carbocycles. The molecule has 0 aromatic carbocycles. The minimum absolute atomic E-state index is 0.748. The third-order valence-corrected chi connectivity index (χ3v) is 2.56. The van der Waals surface area contributed by atoms with Crippen LogP contribution in [0.1, 0.15) is 25.3 Å². The summed E-state index contributed by atoms with van der Waals surface area (Å²) < 4.78 is 1.81. The van der Waals surface area contributed by atoms with Gasteiger partial charge in [-0.05, 0) is 30.6 Å². The molecule has 1 heterocycles. The zero-order chi connectivity index (χ0) is 11.8. The SMILES string of the molecule is CCCCNC(=S)NCCc1cnn(C)c1. The van der Waals surface area contributed by atoms with E-state index in [1.165, 1.54) is 12.0 Å². The maximum atomic E-state index is 5.14. The molecule has 1 aromatic rings. The van der Waals surface area contributed by atoms with E-state index in [9.17, 15) is 0 Å². The zero-order valence-electron chi connectivity index (χ0n) is 9.99. The lowest BCUT2D eigenvalue weighted by molar-refractivity contribution is 0.736. The van der Waals surface area contributed by atoms with Gasteiger partial charge in [-0.3, -0.25) is 4.68 Å². The summed E-state index contributed by atoms with van der Waals surface area (Å²) in [4.78, 5) is 0. The van der Waals surface area contributed by atoms with E-state index in [0.717, 1.165) is 31.0 Å². The number of nitrogens with one attached hydrogen (secondary N) is 2. The number of rotatable bonds is 6. The summed E-state index contributed by atoms with van der Waals surface area (Å²) in [6.45, 7) is 3.97. The lowest BCUT2D eigenvalue weighted by Gasteiger charge is -2.09. The molecule has 16 heavy (non-hydrogen) atoms. The Hall–Kier alpha value is -1.10. The first kappa shape index (κ1) is 13.0. The topological polar surface area (TPSA) is 41.9 Å². The van der Waals surface area contributed by atoms with Crippen molar-refractivity contribution in [3.63, 3.8) is 0 Å². The maximum absolute atomic E-state index is 5.14. The summed E-state index contributed by atoms with van der Waals surface area (Å²) >= 11 is 5.14. The Morgan fingerprint density at radius 1 is 1.44 bits per heavy atom. The fourth-order valence-corrected chi connectivity index (χ4v) is 1.57. The maximum Gasteiger partial charge on any atom is 0.166 e. The van der Waals surface area contributed by atoms with Crippen molar-refractivity contribution in [2.75, 3.05) is 13.1 Å². The van der Waals surface area contributed by atoms with Crippen molar-refractivity contribution in [1.29, 1.82) is 0 Å². The molecule has 0 fully saturated rings. The average molecular weight is 240 g/mol. The Balaban J connectivity index is 2.08. The third kappa shape index (κ3) is 5.11. The van der Waals surface area contributed by atoms with Crippen LogP contribution >= 0.6 is 12.2 Å². The first-order valence-electron chi connectivity index (χ1n) is 5.71. The second kappa shape index (κ2) is 7.22. The van der Waals surface area contributed by atoms with Gasteiger partial charge in [0.2, 0.25) is 0 Å². The van der Waals surface area contributed by atoms with Crippen LogP contribution in [0.2, 0.25) is 0 Å². The summed E-state index contributed by atoms with van der Waals surface area (Å²) in [6.07, 6.45) is 7.20. The van der Waals surface area contributed by atoms with Crippen LogP contribution in [0.25, 0.3) is 0 Å². The molecule has 0 atom stereocenters. The van der Waals surface area contributed by atoms with Gasteiger partial charge >= 0.3 is 0 Å². The molecule has 0 spiro atoms. The van der Waals surface area contributed by atoms with E-state index in [-0.39, 0.29) is 0 Å². The summed E-state index contributed by atoms with van der Waals surface area (Å²) in [5, 5.41) is 11.2. The molecule has 0 unspecified atom stereocenters. The van der Waals surface area contributed by atoms with Gasteiger partial charge in [0.15, 0.2) is 5.11 Å². The van der Waals surface area contributed by atoms with Gasteiger partial charge in [-0.2, -0.15) is 5.10 Å². The number of aryl methyl sites for hydroxylation is 1. The van der Waals surface area contributed by atoms with Crippen molar-refractivity contribution in [2.24, 2.45) is 7.05 Å². The van der Waals surface area contributed by atoms with Crippen LogP contribution < -0.4 is 10.6 Å². The van der Waals surface area contributed by atoms with Crippen molar-refractivity contribution >= 4 is 17.3 Å². The number of nitrogens with zero attached hydrogens (tertiary/aromatic N) is 2. The zero-order valence-corrected chi connectivity index (χ0v) is 10.8. The number of aromatic nitrogens is 2. The van der Waals surface area contributed by atoms with E-state index in [4.69, 9.17) is 12.2 Å². The van der Waals surface area contributed by atoms with E-state index in [0.29, 0.717) is 0 Å². The van der Waals surface area contributed by atoms with Crippen LogP contribution in [0.4, 0.5) is 0 Å². The molecular weight excluding hydrogens is 220 g/mol. The van der Waals surface area contributed by atoms with Crippen molar-refractivity contribution in [2.45, 2.75) is 26.2 Å². The van der Waals surface area contributed by atoms with Gasteiger partial charge in [0, 0.05) is 26.3 Å². The minimum atomic E-state index is 0.748. The molecule has 4 nitrogen and oxygen atoms in total. The van der Waals surface area contributed by atoms with E-state index in [1.807, 2.05) is 24.1 Å². The van der Waals surface area contributed by atoms with Crippen LogP contribution in [0.5, 0.6) is 0 Å². The number of hydrogen-bond acceptors (Lipinski definition) is 2. The molecule has 0 amide bonds. The molecule has 90 valence electrons. The van der Waals surface area contributed by atoms with Gasteiger partial charge in [-0.1, -0.05) is 13.3 Å². The fourth-order valence-electron chi connectivity index (χ4n) is 1.36. The van der Waals surface area contributed by atoms with Gasteiger partial charge in [0.05, 0.1) is 6.20 Å². The van der Waals surface area contributed by atoms with Crippen molar-refractivity contribution in [3.8, 4) is 0 Å². The Morgan fingerprint density at radius 2 is 2.19 bits per heavy atom. The standard InChI is InChI=1S/C11H20N4S/c1-3-4-6-12-11(16)13-7-5-10-8-14-15(2)9-10/h8-9H,3-7H2,1-2H3,(H2,12,13,16). The van der Waals surface area contributed by atoms with Crippen molar-refractivity contribution in [1.82, 2.24) is 20.4 Å². The highest BCUT2D eigenvalue weighted by Gasteiger charge is 1.97. The minimum Gasteiger partial charge on any atom is -0.363 e. The molecule has 0 bridgehead atoms. The quantitative estimate of drug-likeness (QED) is 0.580. The van der Waals surface area contributed by atoms with Gasteiger partial charge in [0.1, 0.15) is 0 Å².